The molecule has 2 atom stereocenters. The van der Waals surface area contributed by atoms with Crippen molar-refractivity contribution < 1.29 is 23.8 Å². The Bertz CT molecular complexity index is 1930. The Labute approximate surface area is 260 Å². The minimum Gasteiger partial charge on any atom is -0.463 e. The van der Waals surface area contributed by atoms with E-state index in [1.807, 2.05) is 0 Å². The highest BCUT2D eigenvalue weighted by Crippen LogP contribution is 2.36. The van der Waals surface area contributed by atoms with Gasteiger partial charge in [-0.05, 0) is 76.9 Å². The van der Waals surface area contributed by atoms with Gasteiger partial charge in [0.1, 0.15) is 18.6 Å². The molecule has 0 spiro atoms. The first-order chi connectivity index (χ1) is 21.9. The van der Waals surface area contributed by atoms with Crippen molar-refractivity contribution in [2.75, 3.05) is 13.2 Å². The van der Waals surface area contributed by atoms with E-state index in [2.05, 4.69) is 59.6 Å². The number of hydrogen-bond acceptors (Lipinski definition) is 7. The van der Waals surface area contributed by atoms with Crippen LogP contribution < -0.4 is 11.2 Å². The zero-order valence-electron chi connectivity index (χ0n) is 25.5. The number of rotatable bonds is 14. The summed E-state index contributed by atoms with van der Waals surface area (Å²) in [5, 5.41) is 7.83. The van der Waals surface area contributed by atoms with Gasteiger partial charge in [-0.15, -0.1) is 0 Å². The van der Waals surface area contributed by atoms with Gasteiger partial charge in [-0.1, -0.05) is 61.0 Å². The first kappa shape index (κ1) is 30.7. The molecule has 9 heteroatoms. The molecular weight excluding hydrogens is 572 g/mol. The molecular formula is C36H38N2O7. The van der Waals surface area contributed by atoms with E-state index in [1.54, 1.807) is 0 Å². The average Bonchev–Trinajstić information content (AvgIpc) is 3.51. The standard InChI is InChI=1S/C36H38N2O7/c1-23(39)9-18-32(40)44-22-29-15-17-31(45-29)38-20-28(35(41)37-36(38)42)21-43-19-4-2-3-6-24-10-11-27-13-12-25-7-5-8-26-14-16-30(24)34(27)33(25)26/h5,7-8,10-14,16,20,29,31H,2-4,6,9,15,17-19,21-22H2,1H3,(H,37,41,42). The smallest absolute Gasteiger partial charge is 0.330 e. The molecule has 4 aromatic carbocycles. The van der Waals surface area contributed by atoms with Gasteiger partial charge in [-0.25, -0.2) is 4.79 Å². The van der Waals surface area contributed by atoms with Crippen LogP contribution in [-0.4, -0.2) is 40.6 Å². The molecule has 2 unspecified atom stereocenters. The Morgan fingerprint density at radius 3 is 2.44 bits per heavy atom. The molecule has 1 fully saturated rings. The second-order valence-corrected chi connectivity index (χ2v) is 11.9. The lowest BCUT2D eigenvalue weighted by Gasteiger charge is -2.16. The predicted octanol–water partition coefficient (Wildman–Crippen LogP) is 5.95. The molecule has 5 aromatic rings. The van der Waals surface area contributed by atoms with Crippen LogP contribution in [0.1, 0.15) is 69.2 Å². The summed E-state index contributed by atoms with van der Waals surface area (Å²) in [4.78, 5) is 50.2. The molecule has 0 bridgehead atoms. The van der Waals surface area contributed by atoms with E-state index in [1.165, 1.54) is 55.6 Å². The van der Waals surface area contributed by atoms with Crippen molar-refractivity contribution in [2.24, 2.45) is 0 Å². The number of ether oxygens (including phenoxy) is 3. The van der Waals surface area contributed by atoms with Crippen LogP contribution in [0.15, 0.2) is 70.4 Å². The summed E-state index contributed by atoms with van der Waals surface area (Å²) < 4.78 is 18.3. The topological polar surface area (TPSA) is 117 Å². The number of aryl methyl sites for hydroxylation is 1. The van der Waals surface area contributed by atoms with E-state index < -0.39 is 23.4 Å². The highest BCUT2D eigenvalue weighted by Gasteiger charge is 2.29. The van der Waals surface area contributed by atoms with Crippen LogP contribution >= 0.6 is 0 Å². The van der Waals surface area contributed by atoms with Gasteiger partial charge in [0, 0.05) is 19.2 Å². The summed E-state index contributed by atoms with van der Waals surface area (Å²) in [6.07, 6.45) is 5.75. The van der Waals surface area contributed by atoms with Crippen molar-refractivity contribution in [2.45, 2.75) is 77.2 Å². The van der Waals surface area contributed by atoms with E-state index in [4.69, 9.17) is 14.2 Å². The molecule has 1 N–H and O–H groups in total. The molecule has 0 amide bonds. The minimum absolute atomic E-state index is 0.0372. The number of ketones is 1. The van der Waals surface area contributed by atoms with Crippen molar-refractivity contribution >= 4 is 44.1 Å². The number of aromatic nitrogens is 2. The van der Waals surface area contributed by atoms with Crippen molar-refractivity contribution in [3.8, 4) is 0 Å². The number of benzene rings is 4. The number of unbranched alkanes of at least 4 members (excludes halogenated alkanes) is 2. The first-order valence-electron chi connectivity index (χ1n) is 15.8. The first-order valence-corrected chi connectivity index (χ1v) is 15.8. The van der Waals surface area contributed by atoms with E-state index in [0.29, 0.717) is 25.0 Å². The Kier molecular flexibility index (Phi) is 9.37. The summed E-state index contributed by atoms with van der Waals surface area (Å²) in [5.74, 6) is -0.525. The van der Waals surface area contributed by atoms with Crippen LogP contribution in [0.4, 0.5) is 0 Å². The number of carbonyl (C=O) groups excluding carboxylic acids is 2. The fraction of sp³-hybridized carbons (Fsp3) is 0.389. The predicted molar refractivity (Wildman–Crippen MR) is 173 cm³/mol. The highest BCUT2D eigenvalue weighted by molar-refractivity contribution is 6.23. The number of H-pyrrole nitrogens is 1. The minimum atomic E-state index is -0.575. The van der Waals surface area contributed by atoms with Crippen LogP contribution in [0.5, 0.6) is 0 Å². The van der Waals surface area contributed by atoms with E-state index >= 15 is 0 Å². The lowest BCUT2D eigenvalue weighted by atomic mass is 9.90. The lowest BCUT2D eigenvalue weighted by Crippen LogP contribution is -2.34. The SMILES string of the molecule is CC(=O)CCC(=O)OCC1CCC(n2cc(COCCCCCc3ccc4ccc5cccc6ccc3c4c56)c(=O)[nH]c2=O)O1. The zero-order chi connectivity index (χ0) is 31.3. The number of nitrogens with one attached hydrogen (secondary N) is 1. The number of nitrogens with zero attached hydrogens (tertiary/aromatic N) is 1. The van der Waals surface area contributed by atoms with Gasteiger partial charge in [0.2, 0.25) is 0 Å². The third-order valence-corrected chi connectivity index (χ3v) is 8.66. The van der Waals surface area contributed by atoms with Crippen molar-refractivity contribution in [1.29, 1.82) is 0 Å². The molecule has 45 heavy (non-hydrogen) atoms. The summed E-state index contributed by atoms with van der Waals surface area (Å²) in [5.41, 5.74) is 0.683. The summed E-state index contributed by atoms with van der Waals surface area (Å²) >= 11 is 0. The van der Waals surface area contributed by atoms with Crippen LogP contribution in [0, 0.1) is 0 Å². The van der Waals surface area contributed by atoms with E-state index in [-0.39, 0.29) is 37.9 Å². The maximum Gasteiger partial charge on any atom is 0.330 e. The van der Waals surface area contributed by atoms with Gasteiger partial charge in [0.15, 0.2) is 0 Å². The second kappa shape index (κ2) is 13.7. The van der Waals surface area contributed by atoms with Gasteiger partial charge >= 0.3 is 11.7 Å². The van der Waals surface area contributed by atoms with Crippen molar-refractivity contribution in [3.63, 3.8) is 0 Å². The molecule has 6 rings (SSSR count). The van der Waals surface area contributed by atoms with Gasteiger partial charge in [-0.3, -0.25) is 19.1 Å². The Morgan fingerprint density at radius 1 is 0.889 bits per heavy atom. The number of carbonyl (C=O) groups is 2. The van der Waals surface area contributed by atoms with Gasteiger partial charge in [0.05, 0.1) is 24.7 Å². The monoisotopic (exact) mass is 610 g/mol. The number of aromatic amines is 1. The lowest BCUT2D eigenvalue weighted by molar-refractivity contribution is -0.149. The number of esters is 1. The Hall–Kier alpha value is -4.34. The average molecular weight is 611 g/mol. The zero-order valence-corrected chi connectivity index (χ0v) is 25.5. The largest absolute Gasteiger partial charge is 0.463 e. The van der Waals surface area contributed by atoms with Gasteiger partial charge < -0.3 is 19.0 Å². The molecule has 0 saturated carbocycles. The molecule has 9 nitrogen and oxygen atoms in total. The summed E-state index contributed by atoms with van der Waals surface area (Å²) in [7, 11) is 0. The fourth-order valence-electron chi connectivity index (χ4n) is 6.29. The fourth-order valence-corrected chi connectivity index (χ4v) is 6.29. The quantitative estimate of drug-likeness (QED) is 0.0938. The second-order valence-electron chi connectivity index (χ2n) is 11.9. The molecule has 1 saturated heterocycles. The molecule has 234 valence electrons. The van der Waals surface area contributed by atoms with Gasteiger partial charge in [-0.2, -0.15) is 0 Å². The van der Waals surface area contributed by atoms with Crippen molar-refractivity contribution in [1.82, 2.24) is 9.55 Å². The Morgan fingerprint density at radius 2 is 1.64 bits per heavy atom. The van der Waals surface area contributed by atoms with Crippen LogP contribution in [-0.2, 0) is 36.8 Å². The van der Waals surface area contributed by atoms with Gasteiger partial charge in [0.25, 0.3) is 5.56 Å². The Balaban J connectivity index is 0.970. The van der Waals surface area contributed by atoms with Crippen LogP contribution in [0.3, 0.4) is 0 Å². The molecule has 0 aliphatic carbocycles. The molecule has 2 heterocycles. The molecule has 1 aliphatic heterocycles. The third-order valence-electron chi connectivity index (χ3n) is 8.66. The third kappa shape index (κ3) is 7.00. The summed E-state index contributed by atoms with van der Waals surface area (Å²) in [6, 6.07) is 19.8. The molecule has 1 aromatic heterocycles. The van der Waals surface area contributed by atoms with Crippen LogP contribution in [0.25, 0.3) is 32.3 Å². The van der Waals surface area contributed by atoms with E-state index in [0.717, 1.165) is 25.7 Å². The molecule has 1 aliphatic rings. The highest BCUT2D eigenvalue weighted by atomic mass is 16.6. The van der Waals surface area contributed by atoms with Crippen molar-refractivity contribution in [3.05, 3.63) is 92.8 Å². The maximum atomic E-state index is 12.5. The number of hydrogen-bond donors (Lipinski definition) is 1. The maximum absolute atomic E-state index is 12.5. The number of Topliss-reactive ketones (excluding diaryl/α,β-unsaturated/α-hetero) is 1. The molecule has 0 radical (unpaired) electrons. The summed E-state index contributed by atoms with van der Waals surface area (Å²) in [6.45, 7) is 2.08. The van der Waals surface area contributed by atoms with Crippen LogP contribution in [0.2, 0.25) is 0 Å². The normalized spacial score (nSPS) is 16.6. The van der Waals surface area contributed by atoms with E-state index in [9.17, 15) is 19.2 Å².